The smallest absolute Gasteiger partial charge is 0.133 e. The molecule has 1 aromatic carbocycles. The summed E-state index contributed by atoms with van der Waals surface area (Å²) in [7, 11) is 0. The van der Waals surface area contributed by atoms with Crippen LogP contribution in [0.2, 0.25) is 10.2 Å². The minimum Gasteiger partial charge on any atom is -0.234 e. The van der Waals surface area contributed by atoms with Gasteiger partial charge in [-0.2, -0.15) is 0 Å². The Labute approximate surface area is 103 Å². The molecule has 0 saturated carbocycles. The highest BCUT2D eigenvalue weighted by molar-refractivity contribution is 6.36. The van der Waals surface area contributed by atoms with E-state index >= 15 is 0 Å². The van der Waals surface area contributed by atoms with Gasteiger partial charge < -0.3 is 0 Å². The highest BCUT2D eigenvalue weighted by Gasteiger charge is 2.11. The van der Waals surface area contributed by atoms with E-state index in [1.54, 1.807) is 0 Å². The standard InChI is InChI=1S/C12H10Cl2FN/c1-6(2)9-4-7-3-8(15)5-10(13)11(7)16-12(9)14/h3-6H,1-2H3. The lowest BCUT2D eigenvalue weighted by Crippen LogP contribution is -1.93. The van der Waals surface area contributed by atoms with Crippen LogP contribution in [-0.2, 0) is 0 Å². The van der Waals surface area contributed by atoms with Gasteiger partial charge in [-0.15, -0.1) is 0 Å². The number of nitrogens with zero attached hydrogens (tertiary/aromatic N) is 1. The van der Waals surface area contributed by atoms with E-state index < -0.39 is 0 Å². The topological polar surface area (TPSA) is 12.9 Å². The van der Waals surface area contributed by atoms with E-state index in [4.69, 9.17) is 23.2 Å². The number of halogens is 3. The molecule has 0 saturated heterocycles. The third-order valence-corrected chi connectivity index (χ3v) is 3.03. The van der Waals surface area contributed by atoms with Crippen LogP contribution in [0, 0.1) is 5.82 Å². The fraction of sp³-hybridized carbons (Fsp3) is 0.250. The van der Waals surface area contributed by atoms with Gasteiger partial charge in [0.15, 0.2) is 0 Å². The van der Waals surface area contributed by atoms with Crippen molar-refractivity contribution in [2.75, 3.05) is 0 Å². The molecule has 0 aliphatic rings. The molecule has 2 rings (SSSR count). The fourth-order valence-electron chi connectivity index (χ4n) is 1.61. The number of rotatable bonds is 1. The van der Waals surface area contributed by atoms with Crippen molar-refractivity contribution in [3.63, 3.8) is 0 Å². The zero-order valence-electron chi connectivity index (χ0n) is 8.89. The van der Waals surface area contributed by atoms with Crippen molar-refractivity contribution in [3.8, 4) is 0 Å². The molecule has 0 unspecified atom stereocenters. The van der Waals surface area contributed by atoms with E-state index in [0.29, 0.717) is 16.1 Å². The highest BCUT2D eigenvalue weighted by Crippen LogP contribution is 2.30. The SMILES string of the molecule is CC(C)c1cc2cc(F)cc(Cl)c2nc1Cl. The van der Waals surface area contributed by atoms with Crippen LogP contribution in [0.4, 0.5) is 4.39 Å². The van der Waals surface area contributed by atoms with Crippen LogP contribution in [0.15, 0.2) is 18.2 Å². The van der Waals surface area contributed by atoms with E-state index in [0.717, 1.165) is 5.56 Å². The summed E-state index contributed by atoms with van der Waals surface area (Å²) in [5.41, 5.74) is 1.44. The first-order chi connectivity index (χ1) is 7.49. The molecule has 0 atom stereocenters. The van der Waals surface area contributed by atoms with Crippen molar-refractivity contribution >= 4 is 34.1 Å². The minimum absolute atomic E-state index is 0.242. The monoisotopic (exact) mass is 257 g/mol. The molecule has 1 nitrogen and oxygen atoms in total. The first kappa shape index (κ1) is 11.6. The number of benzene rings is 1. The van der Waals surface area contributed by atoms with E-state index in [2.05, 4.69) is 4.98 Å². The summed E-state index contributed by atoms with van der Waals surface area (Å²) in [6.07, 6.45) is 0. The van der Waals surface area contributed by atoms with Gasteiger partial charge >= 0.3 is 0 Å². The summed E-state index contributed by atoms with van der Waals surface area (Å²) in [6.45, 7) is 4.02. The third-order valence-electron chi connectivity index (χ3n) is 2.44. The molecule has 0 amide bonds. The van der Waals surface area contributed by atoms with Crippen molar-refractivity contribution in [3.05, 3.63) is 39.8 Å². The Morgan fingerprint density at radius 1 is 1.19 bits per heavy atom. The van der Waals surface area contributed by atoms with Crippen LogP contribution in [0.25, 0.3) is 10.9 Å². The summed E-state index contributed by atoms with van der Waals surface area (Å²) in [5, 5.41) is 1.39. The molecule has 1 heterocycles. The molecule has 0 aliphatic carbocycles. The lowest BCUT2D eigenvalue weighted by Gasteiger charge is -2.09. The van der Waals surface area contributed by atoms with Gasteiger partial charge in [0.05, 0.1) is 10.5 Å². The molecule has 2 aromatic rings. The van der Waals surface area contributed by atoms with E-state index in [1.807, 2.05) is 19.9 Å². The van der Waals surface area contributed by atoms with E-state index in [9.17, 15) is 4.39 Å². The van der Waals surface area contributed by atoms with Crippen LogP contribution in [0.5, 0.6) is 0 Å². The lowest BCUT2D eigenvalue weighted by atomic mass is 10.0. The first-order valence-electron chi connectivity index (χ1n) is 4.94. The Bertz CT molecular complexity index is 552. The molecule has 0 aliphatic heterocycles. The second-order valence-electron chi connectivity index (χ2n) is 3.98. The molecular weight excluding hydrogens is 248 g/mol. The Kier molecular flexibility index (Phi) is 3.04. The molecule has 0 radical (unpaired) electrons. The van der Waals surface area contributed by atoms with Crippen LogP contribution in [0.1, 0.15) is 25.3 Å². The van der Waals surface area contributed by atoms with Crippen LogP contribution >= 0.6 is 23.2 Å². The predicted octanol–water partition coefficient (Wildman–Crippen LogP) is 4.80. The first-order valence-corrected chi connectivity index (χ1v) is 5.70. The molecule has 4 heteroatoms. The van der Waals surface area contributed by atoms with Gasteiger partial charge in [-0.1, -0.05) is 37.0 Å². The van der Waals surface area contributed by atoms with Gasteiger partial charge in [-0.25, -0.2) is 9.37 Å². The normalized spacial score (nSPS) is 11.4. The molecule has 0 bridgehead atoms. The molecule has 84 valence electrons. The number of aromatic nitrogens is 1. The summed E-state index contributed by atoms with van der Waals surface area (Å²) in [5.74, 6) is -0.122. The maximum absolute atomic E-state index is 13.2. The van der Waals surface area contributed by atoms with Gasteiger partial charge in [0.25, 0.3) is 0 Å². The van der Waals surface area contributed by atoms with Crippen molar-refractivity contribution in [1.29, 1.82) is 0 Å². The number of hydrogen-bond acceptors (Lipinski definition) is 1. The zero-order chi connectivity index (χ0) is 11.9. The van der Waals surface area contributed by atoms with Gasteiger partial charge in [0, 0.05) is 5.39 Å². The molecule has 0 N–H and O–H groups in total. The van der Waals surface area contributed by atoms with Crippen molar-refractivity contribution in [1.82, 2.24) is 4.98 Å². The fourth-order valence-corrected chi connectivity index (χ4v) is 2.22. The van der Waals surface area contributed by atoms with Gasteiger partial charge in [0.1, 0.15) is 11.0 Å². The number of pyridine rings is 1. The van der Waals surface area contributed by atoms with Crippen LogP contribution in [0.3, 0.4) is 0 Å². The Hall–Kier alpha value is -0.860. The maximum Gasteiger partial charge on any atom is 0.133 e. The Morgan fingerprint density at radius 3 is 2.50 bits per heavy atom. The highest BCUT2D eigenvalue weighted by atomic mass is 35.5. The van der Waals surface area contributed by atoms with Crippen LogP contribution in [-0.4, -0.2) is 4.98 Å². The Balaban J connectivity index is 2.79. The molecule has 0 fully saturated rings. The quantitative estimate of drug-likeness (QED) is 0.669. The van der Waals surface area contributed by atoms with E-state index in [1.165, 1.54) is 12.1 Å². The molecular formula is C12H10Cl2FN. The maximum atomic E-state index is 13.2. The molecule has 16 heavy (non-hydrogen) atoms. The van der Waals surface area contributed by atoms with Gasteiger partial charge in [0.2, 0.25) is 0 Å². The Morgan fingerprint density at radius 2 is 1.88 bits per heavy atom. The van der Waals surface area contributed by atoms with E-state index in [-0.39, 0.29) is 16.8 Å². The minimum atomic E-state index is -0.365. The van der Waals surface area contributed by atoms with Crippen LogP contribution < -0.4 is 0 Å². The summed E-state index contributed by atoms with van der Waals surface area (Å²) in [6, 6.07) is 4.49. The third kappa shape index (κ3) is 2.00. The lowest BCUT2D eigenvalue weighted by molar-refractivity contribution is 0.629. The largest absolute Gasteiger partial charge is 0.234 e. The molecule has 1 aromatic heterocycles. The summed E-state index contributed by atoms with van der Waals surface area (Å²) >= 11 is 12.0. The predicted molar refractivity (Wildman–Crippen MR) is 65.8 cm³/mol. The van der Waals surface area contributed by atoms with Crippen molar-refractivity contribution < 1.29 is 4.39 Å². The number of fused-ring (bicyclic) bond motifs is 1. The average molecular weight is 258 g/mol. The second kappa shape index (κ2) is 4.19. The van der Waals surface area contributed by atoms with Gasteiger partial charge in [-0.05, 0) is 29.7 Å². The van der Waals surface area contributed by atoms with Crippen molar-refractivity contribution in [2.45, 2.75) is 19.8 Å². The zero-order valence-corrected chi connectivity index (χ0v) is 10.4. The average Bonchev–Trinajstić information content (AvgIpc) is 2.18. The second-order valence-corrected chi connectivity index (χ2v) is 4.75. The van der Waals surface area contributed by atoms with Crippen molar-refractivity contribution in [2.24, 2.45) is 0 Å². The molecule has 0 spiro atoms. The summed E-state index contributed by atoms with van der Waals surface area (Å²) in [4.78, 5) is 4.20. The van der Waals surface area contributed by atoms with Gasteiger partial charge in [-0.3, -0.25) is 0 Å². The number of hydrogen-bond donors (Lipinski definition) is 0. The summed E-state index contributed by atoms with van der Waals surface area (Å²) < 4.78 is 13.2.